The third-order valence-corrected chi connectivity index (χ3v) is 5.93. The first kappa shape index (κ1) is 20.6. The van der Waals surface area contributed by atoms with Gasteiger partial charge in [0.25, 0.3) is 10.2 Å². The average Bonchev–Trinajstić information content (AvgIpc) is 2.46. The van der Waals surface area contributed by atoms with Crippen LogP contribution in [0.25, 0.3) is 0 Å². The number of piperazine rings is 1. The van der Waals surface area contributed by atoms with Gasteiger partial charge in [-0.25, -0.2) is 0 Å². The Labute approximate surface area is 144 Å². The Morgan fingerprint density at radius 2 is 1.61 bits per heavy atom. The summed E-state index contributed by atoms with van der Waals surface area (Å²) >= 11 is 0. The Hall–Kier alpha value is -0.450. The molecule has 2 atom stereocenters. The summed E-state index contributed by atoms with van der Waals surface area (Å²) in [7, 11) is -1.76. The van der Waals surface area contributed by atoms with Gasteiger partial charge < -0.3 is 15.0 Å². The van der Waals surface area contributed by atoms with Gasteiger partial charge in [0.15, 0.2) is 0 Å². The van der Waals surface area contributed by atoms with Gasteiger partial charge >= 0.3 is 0 Å². The molecule has 1 N–H and O–H groups in total. The molecule has 0 aromatic heterocycles. The molecular formula is C13H27ClN4O4S. The highest BCUT2D eigenvalue weighted by Crippen LogP contribution is 2.18. The van der Waals surface area contributed by atoms with E-state index < -0.39 is 10.2 Å². The van der Waals surface area contributed by atoms with Gasteiger partial charge in [0.2, 0.25) is 5.91 Å². The minimum atomic E-state index is -3.48. The number of nitrogens with zero attached hydrogens (tertiary/aromatic N) is 3. The van der Waals surface area contributed by atoms with Gasteiger partial charge in [0, 0.05) is 39.3 Å². The predicted molar refractivity (Wildman–Crippen MR) is 89.8 cm³/mol. The van der Waals surface area contributed by atoms with E-state index in [9.17, 15) is 13.2 Å². The topological polar surface area (TPSA) is 82.2 Å². The quantitative estimate of drug-likeness (QED) is 0.695. The molecule has 0 aliphatic carbocycles. The molecule has 2 saturated heterocycles. The first-order valence-corrected chi connectivity index (χ1v) is 9.07. The molecule has 0 aromatic carbocycles. The number of carbonyl (C=O) groups is 1. The van der Waals surface area contributed by atoms with E-state index in [0.29, 0.717) is 39.3 Å². The molecule has 10 heteroatoms. The van der Waals surface area contributed by atoms with Crippen LogP contribution in [0, 0.1) is 0 Å². The summed E-state index contributed by atoms with van der Waals surface area (Å²) in [6.45, 7) is 6.38. The van der Waals surface area contributed by atoms with Crippen molar-refractivity contribution in [3.05, 3.63) is 0 Å². The van der Waals surface area contributed by atoms with Crippen LogP contribution >= 0.6 is 12.4 Å². The Morgan fingerprint density at radius 3 is 2.09 bits per heavy atom. The van der Waals surface area contributed by atoms with Crippen molar-refractivity contribution in [1.82, 2.24) is 18.8 Å². The smallest absolute Gasteiger partial charge is 0.282 e. The molecule has 2 fully saturated rings. The first-order chi connectivity index (χ1) is 10.3. The van der Waals surface area contributed by atoms with E-state index in [2.05, 4.69) is 5.32 Å². The maximum Gasteiger partial charge on any atom is 0.282 e. The van der Waals surface area contributed by atoms with Gasteiger partial charge in [-0.1, -0.05) is 0 Å². The number of likely N-dealkylation sites (N-methyl/N-ethyl adjacent to an activating group) is 1. The third-order valence-electron chi connectivity index (χ3n) is 3.96. The minimum absolute atomic E-state index is 0. The van der Waals surface area contributed by atoms with Crippen molar-refractivity contribution in [2.75, 3.05) is 52.9 Å². The molecule has 2 heterocycles. The van der Waals surface area contributed by atoms with Crippen molar-refractivity contribution in [3.8, 4) is 0 Å². The lowest BCUT2D eigenvalue weighted by molar-refractivity contribution is -0.131. The van der Waals surface area contributed by atoms with Gasteiger partial charge in [0.1, 0.15) is 0 Å². The van der Waals surface area contributed by atoms with Crippen LogP contribution in [-0.2, 0) is 19.7 Å². The van der Waals surface area contributed by atoms with Crippen molar-refractivity contribution >= 4 is 28.5 Å². The molecule has 0 saturated carbocycles. The fourth-order valence-corrected chi connectivity index (χ4v) is 4.66. The normalized spacial score (nSPS) is 27.5. The zero-order valence-corrected chi connectivity index (χ0v) is 15.5. The van der Waals surface area contributed by atoms with Crippen LogP contribution < -0.4 is 5.32 Å². The van der Waals surface area contributed by atoms with Crippen LogP contribution in [0.15, 0.2) is 0 Å². The van der Waals surface area contributed by atoms with Crippen LogP contribution in [0.2, 0.25) is 0 Å². The van der Waals surface area contributed by atoms with E-state index in [-0.39, 0.29) is 37.1 Å². The summed E-state index contributed by atoms with van der Waals surface area (Å²) < 4.78 is 34.0. The molecule has 0 radical (unpaired) electrons. The minimum Gasteiger partial charge on any atom is -0.373 e. The number of morpholine rings is 1. The number of halogens is 1. The van der Waals surface area contributed by atoms with Gasteiger partial charge in [-0.2, -0.15) is 17.0 Å². The molecule has 0 spiro atoms. The number of amides is 1. The fourth-order valence-electron chi connectivity index (χ4n) is 2.91. The molecule has 0 bridgehead atoms. The summed E-state index contributed by atoms with van der Waals surface area (Å²) in [4.78, 5) is 13.5. The van der Waals surface area contributed by atoms with Crippen LogP contribution in [0.3, 0.4) is 0 Å². The number of hydrogen-bond donors (Lipinski definition) is 1. The van der Waals surface area contributed by atoms with Gasteiger partial charge in [-0.05, 0) is 20.9 Å². The van der Waals surface area contributed by atoms with Crippen molar-refractivity contribution in [2.45, 2.75) is 26.1 Å². The highest BCUT2D eigenvalue weighted by Gasteiger charge is 2.37. The number of ether oxygens (including phenoxy) is 1. The lowest BCUT2D eigenvalue weighted by Crippen LogP contribution is -2.58. The Kier molecular flexibility index (Phi) is 7.69. The maximum absolute atomic E-state index is 12.7. The predicted octanol–water partition coefficient (Wildman–Crippen LogP) is -0.874. The summed E-state index contributed by atoms with van der Waals surface area (Å²) in [5.74, 6) is 0.00756. The number of rotatable bonds is 4. The zero-order valence-electron chi connectivity index (χ0n) is 13.9. The monoisotopic (exact) mass is 370 g/mol. The molecule has 2 aliphatic heterocycles. The SMILES string of the molecule is CNCC(=O)N1CCN(S(=O)(=O)N2CC(C)OC(C)C2)CC1.Cl. The molecule has 2 aliphatic rings. The largest absolute Gasteiger partial charge is 0.373 e. The van der Waals surface area contributed by atoms with E-state index in [1.807, 2.05) is 13.8 Å². The average molecular weight is 371 g/mol. The van der Waals surface area contributed by atoms with E-state index >= 15 is 0 Å². The lowest BCUT2D eigenvalue weighted by Gasteiger charge is -2.40. The number of nitrogens with one attached hydrogen (secondary N) is 1. The van der Waals surface area contributed by atoms with Crippen LogP contribution in [0.4, 0.5) is 0 Å². The Morgan fingerprint density at radius 1 is 1.09 bits per heavy atom. The molecule has 8 nitrogen and oxygen atoms in total. The summed E-state index contributed by atoms with van der Waals surface area (Å²) in [5.41, 5.74) is 0. The van der Waals surface area contributed by atoms with Crippen LogP contribution in [-0.4, -0.2) is 92.9 Å². The molecule has 2 unspecified atom stereocenters. The Balaban J connectivity index is 0.00000264. The van der Waals surface area contributed by atoms with Gasteiger partial charge in [0.05, 0.1) is 18.8 Å². The summed E-state index contributed by atoms with van der Waals surface area (Å²) in [6, 6.07) is 0. The van der Waals surface area contributed by atoms with Crippen molar-refractivity contribution < 1.29 is 17.9 Å². The van der Waals surface area contributed by atoms with Crippen LogP contribution in [0.1, 0.15) is 13.8 Å². The molecule has 23 heavy (non-hydrogen) atoms. The van der Waals surface area contributed by atoms with Crippen molar-refractivity contribution in [3.63, 3.8) is 0 Å². The highest BCUT2D eigenvalue weighted by molar-refractivity contribution is 7.86. The molecule has 136 valence electrons. The van der Waals surface area contributed by atoms with E-state index in [4.69, 9.17) is 4.74 Å². The zero-order chi connectivity index (χ0) is 16.3. The second-order valence-electron chi connectivity index (χ2n) is 5.89. The molecule has 0 aromatic rings. The Bertz CT molecular complexity index is 486. The second kappa shape index (κ2) is 8.59. The van der Waals surface area contributed by atoms with Crippen LogP contribution in [0.5, 0.6) is 0 Å². The first-order valence-electron chi connectivity index (χ1n) is 7.67. The number of hydrogen-bond acceptors (Lipinski definition) is 5. The molecule has 2 rings (SSSR count). The van der Waals surface area contributed by atoms with Crippen molar-refractivity contribution in [1.29, 1.82) is 0 Å². The highest BCUT2D eigenvalue weighted by atomic mass is 35.5. The standard InChI is InChI=1S/C13H26N4O4S.ClH/c1-11-9-17(10-12(2)21-11)22(19,20)16-6-4-15(5-7-16)13(18)8-14-3;/h11-12,14H,4-10H2,1-3H3;1H. The molecular weight excluding hydrogens is 344 g/mol. The number of carbonyl (C=O) groups excluding carboxylic acids is 1. The second-order valence-corrected chi connectivity index (χ2v) is 7.82. The fraction of sp³-hybridized carbons (Fsp3) is 0.923. The summed E-state index contributed by atoms with van der Waals surface area (Å²) in [6.07, 6.45) is -0.200. The van der Waals surface area contributed by atoms with Gasteiger partial charge in [-0.3, -0.25) is 4.79 Å². The third kappa shape index (κ3) is 5.01. The van der Waals surface area contributed by atoms with E-state index in [1.165, 1.54) is 8.61 Å². The van der Waals surface area contributed by atoms with Gasteiger partial charge in [-0.15, -0.1) is 12.4 Å². The van der Waals surface area contributed by atoms with E-state index in [0.717, 1.165) is 0 Å². The van der Waals surface area contributed by atoms with Crippen molar-refractivity contribution in [2.24, 2.45) is 0 Å². The van der Waals surface area contributed by atoms with E-state index in [1.54, 1.807) is 11.9 Å². The molecule has 1 amide bonds. The summed E-state index contributed by atoms with van der Waals surface area (Å²) in [5, 5.41) is 2.82. The lowest BCUT2D eigenvalue weighted by atomic mass is 10.3. The maximum atomic E-state index is 12.7.